The SMILES string of the molecule is O=C1NC(Cc2ccccc2C(F)(F)F)C(Cl)(c2ccc(Cl)c(Cl)c2)C1Cc1ccccc1C(F)(F)F. The summed E-state index contributed by atoms with van der Waals surface area (Å²) >= 11 is 19.3. The second-order valence-corrected chi connectivity index (χ2v) is 10.2. The molecular formula is C26H18Cl3F6NO. The van der Waals surface area contributed by atoms with E-state index in [9.17, 15) is 31.1 Å². The van der Waals surface area contributed by atoms with Crippen molar-refractivity contribution in [3.05, 3.63) is 105 Å². The molecule has 1 aliphatic rings. The van der Waals surface area contributed by atoms with Crippen molar-refractivity contribution in [1.82, 2.24) is 5.32 Å². The summed E-state index contributed by atoms with van der Waals surface area (Å²) < 4.78 is 82.1. The fourth-order valence-corrected chi connectivity index (χ4v) is 5.50. The predicted octanol–water partition coefficient (Wildman–Crippen LogP) is 8.07. The van der Waals surface area contributed by atoms with Crippen LogP contribution in [0.5, 0.6) is 0 Å². The fourth-order valence-electron chi connectivity index (χ4n) is 4.78. The van der Waals surface area contributed by atoms with E-state index in [1.165, 1.54) is 54.6 Å². The second-order valence-electron chi connectivity index (χ2n) is 8.73. The minimum absolute atomic E-state index is 0.0717. The van der Waals surface area contributed by atoms with Crippen molar-refractivity contribution in [2.45, 2.75) is 36.1 Å². The van der Waals surface area contributed by atoms with E-state index in [2.05, 4.69) is 5.32 Å². The van der Waals surface area contributed by atoms with E-state index in [0.717, 1.165) is 12.1 Å². The van der Waals surface area contributed by atoms with Gasteiger partial charge in [-0.2, -0.15) is 26.3 Å². The van der Waals surface area contributed by atoms with Gasteiger partial charge in [0, 0.05) is 0 Å². The molecule has 0 aromatic heterocycles. The smallest absolute Gasteiger partial charge is 0.351 e. The maximum atomic E-state index is 13.7. The van der Waals surface area contributed by atoms with Crippen LogP contribution < -0.4 is 5.32 Å². The minimum atomic E-state index is -4.69. The molecule has 37 heavy (non-hydrogen) atoms. The lowest BCUT2D eigenvalue weighted by molar-refractivity contribution is -0.139. The summed E-state index contributed by atoms with van der Waals surface area (Å²) in [5, 5.41) is 2.88. The molecule has 0 radical (unpaired) electrons. The van der Waals surface area contributed by atoms with Gasteiger partial charge in [-0.25, -0.2) is 0 Å². The van der Waals surface area contributed by atoms with Crippen LogP contribution in [0.4, 0.5) is 26.3 Å². The highest BCUT2D eigenvalue weighted by Crippen LogP contribution is 2.49. The van der Waals surface area contributed by atoms with Gasteiger partial charge in [0.15, 0.2) is 0 Å². The van der Waals surface area contributed by atoms with Crippen molar-refractivity contribution in [1.29, 1.82) is 0 Å². The van der Waals surface area contributed by atoms with Crippen molar-refractivity contribution in [3.63, 3.8) is 0 Å². The van der Waals surface area contributed by atoms with Crippen molar-refractivity contribution < 1.29 is 31.1 Å². The maximum Gasteiger partial charge on any atom is 0.416 e. The second kappa shape index (κ2) is 10.0. The molecule has 2 nitrogen and oxygen atoms in total. The Kier molecular flexibility index (Phi) is 7.49. The molecule has 0 bridgehead atoms. The van der Waals surface area contributed by atoms with Crippen LogP contribution in [0, 0.1) is 5.92 Å². The fraction of sp³-hybridized carbons (Fsp3) is 0.269. The Balaban J connectivity index is 1.83. The number of alkyl halides is 7. The lowest BCUT2D eigenvalue weighted by atomic mass is 9.77. The summed E-state index contributed by atoms with van der Waals surface area (Å²) in [5.74, 6) is -1.95. The maximum absolute atomic E-state index is 13.7. The summed E-state index contributed by atoms with van der Waals surface area (Å²) in [5.41, 5.74) is -1.88. The van der Waals surface area contributed by atoms with Gasteiger partial charge in [-0.05, 0) is 53.8 Å². The van der Waals surface area contributed by atoms with Gasteiger partial charge >= 0.3 is 12.4 Å². The Bertz CT molecular complexity index is 1330. The largest absolute Gasteiger partial charge is 0.416 e. The quantitative estimate of drug-likeness (QED) is 0.240. The van der Waals surface area contributed by atoms with E-state index >= 15 is 0 Å². The standard InChI is InChI=1S/C26H18Cl3F6NO/c27-20-10-9-16(13-21(20)28)24(29)19(11-14-5-1-3-7-17(14)25(30,31)32)23(37)36-22(24)12-15-6-2-4-8-18(15)26(33,34)35/h1-10,13,19,22H,11-12H2,(H,36,37). The van der Waals surface area contributed by atoms with Crippen molar-refractivity contribution in [3.8, 4) is 0 Å². The molecular weight excluding hydrogens is 563 g/mol. The molecule has 3 atom stereocenters. The molecule has 4 rings (SSSR count). The van der Waals surface area contributed by atoms with Crippen LogP contribution in [0.25, 0.3) is 0 Å². The summed E-state index contributed by atoms with van der Waals surface area (Å²) in [6.07, 6.45) is -10.1. The van der Waals surface area contributed by atoms with Crippen molar-refractivity contribution >= 4 is 40.7 Å². The van der Waals surface area contributed by atoms with Gasteiger partial charge in [0.25, 0.3) is 0 Å². The highest BCUT2D eigenvalue weighted by molar-refractivity contribution is 6.42. The van der Waals surface area contributed by atoms with Crippen LogP contribution in [0.15, 0.2) is 66.7 Å². The van der Waals surface area contributed by atoms with Gasteiger partial charge in [0.05, 0.1) is 33.1 Å². The Hall–Kier alpha value is -2.42. The number of nitrogens with one attached hydrogen (secondary N) is 1. The molecule has 0 saturated carbocycles. The number of carbonyl (C=O) groups excluding carboxylic acids is 1. The average molecular weight is 581 g/mol. The molecule has 0 aliphatic carbocycles. The number of amides is 1. The zero-order chi connectivity index (χ0) is 27.2. The first-order valence-corrected chi connectivity index (χ1v) is 12.1. The minimum Gasteiger partial charge on any atom is -0.351 e. The lowest BCUT2D eigenvalue weighted by Gasteiger charge is -2.34. The van der Waals surface area contributed by atoms with Crippen LogP contribution in [0.1, 0.15) is 27.8 Å². The average Bonchev–Trinajstić information content (AvgIpc) is 3.05. The highest BCUT2D eigenvalue weighted by Gasteiger charge is 2.55. The van der Waals surface area contributed by atoms with Gasteiger partial charge in [0.2, 0.25) is 5.91 Å². The van der Waals surface area contributed by atoms with Gasteiger partial charge in [0.1, 0.15) is 4.87 Å². The third-order valence-corrected chi connectivity index (χ3v) is 7.99. The van der Waals surface area contributed by atoms with E-state index in [1.54, 1.807) is 0 Å². The molecule has 1 amide bonds. The number of benzene rings is 3. The molecule has 1 saturated heterocycles. The van der Waals surface area contributed by atoms with E-state index < -0.39 is 52.6 Å². The molecule has 11 heteroatoms. The van der Waals surface area contributed by atoms with E-state index in [4.69, 9.17) is 34.8 Å². The van der Waals surface area contributed by atoms with Crippen LogP contribution in [0.2, 0.25) is 10.0 Å². The Morgan fingerprint density at radius 3 is 1.78 bits per heavy atom. The molecule has 1 N–H and O–H groups in total. The lowest BCUT2D eigenvalue weighted by Crippen LogP contribution is -2.41. The first-order valence-electron chi connectivity index (χ1n) is 11.0. The third kappa shape index (κ3) is 5.42. The molecule has 1 heterocycles. The van der Waals surface area contributed by atoms with E-state index in [-0.39, 0.29) is 33.2 Å². The molecule has 3 aromatic rings. The number of carbonyl (C=O) groups is 1. The van der Waals surface area contributed by atoms with Crippen LogP contribution >= 0.6 is 34.8 Å². The Morgan fingerprint density at radius 2 is 1.27 bits per heavy atom. The van der Waals surface area contributed by atoms with Crippen molar-refractivity contribution in [2.75, 3.05) is 0 Å². The summed E-state index contributed by atoms with van der Waals surface area (Å²) in [6, 6.07) is 12.8. The number of halogens is 9. The Labute approximate surface area is 223 Å². The third-order valence-electron chi connectivity index (χ3n) is 6.50. The predicted molar refractivity (Wildman–Crippen MR) is 130 cm³/mol. The number of hydrogen-bond donors (Lipinski definition) is 1. The molecule has 1 aliphatic heterocycles. The van der Waals surface area contributed by atoms with Gasteiger partial charge < -0.3 is 5.32 Å². The van der Waals surface area contributed by atoms with Crippen LogP contribution in [0.3, 0.4) is 0 Å². The molecule has 3 aromatic carbocycles. The number of rotatable bonds is 5. The Morgan fingerprint density at radius 1 is 0.757 bits per heavy atom. The summed E-state index contributed by atoms with van der Waals surface area (Å²) in [4.78, 5) is 11.5. The topological polar surface area (TPSA) is 29.1 Å². The normalized spacial score (nSPS) is 22.2. The zero-order valence-corrected chi connectivity index (χ0v) is 21.0. The van der Waals surface area contributed by atoms with Gasteiger partial charge in [-0.15, -0.1) is 11.6 Å². The summed E-state index contributed by atoms with van der Waals surface area (Å²) in [7, 11) is 0. The van der Waals surface area contributed by atoms with Gasteiger partial charge in [-0.3, -0.25) is 4.79 Å². The molecule has 3 unspecified atom stereocenters. The van der Waals surface area contributed by atoms with E-state index in [0.29, 0.717) is 0 Å². The van der Waals surface area contributed by atoms with E-state index in [1.807, 2.05) is 0 Å². The van der Waals surface area contributed by atoms with Gasteiger partial charge in [-0.1, -0.05) is 65.7 Å². The summed E-state index contributed by atoms with van der Waals surface area (Å²) in [6.45, 7) is 0. The zero-order valence-electron chi connectivity index (χ0n) is 18.7. The molecule has 1 fully saturated rings. The number of hydrogen-bond acceptors (Lipinski definition) is 1. The van der Waals surface area contributed by atoms with Crippen molar-refractivity contribution in [2.24, 2.45) is 5.92 Å². The molecule has 196 valence electrons. The van der Waals surface area contributed by atoms with Crippen LogP contribution in [-0.2, 0) is 34.9 Å². The highest BCUT2D eigenvalue weighted by atomic mass is 35.5. The monoisotopic (exact) mass is 579 g/mol. The first-order chi connectivity index (χ1) is 17.2. The molecule has 0 spiro atoms. The van der Waals surface area contributed by atoms with Crippen LogP contribution in [-0.4, -0.2) is 11.9 Å². The first kappa shape index (κ1) is 27.6.